The number of nitrogens with two attached hydrogens (primary N) is 1. The van der Waals surface area contributed by atoms with E-state index in [9.17, 15) is 4.39 Å². The molecule has 0 aromatic heterocycles. The van der Waals surface area contributed by atoms with Gasteiger partial charge in [-0.05, 0) is 49.8 Å². The summed E-state index contributed by atoms with van der Waals surface area (Å²) in [5.74, 6) is -0.109. The molecule has 2 saturated heterocycles. The first-order chi connectivity index (χ1) is 8.63. The van der Waals surface area contributed by atoms with Crippen molar-refractivity contribution in [2.75, 3.05) is 0 Å². The summed E-state index contributed by atoms with van der Waals surface area (Å²) in [5.41, 5.74) is 8.05. The Morgan fingerprint density at radius 2 is 1.94 bits per heavy atom. The standard InChI is InChI=1S/C15H21FN2/c1-10-6-11(2-5-15(10)16)9-18-13-3-4-14(18)8-12(17)7-13/h2,5-6,12-14H,3-4,7-9,17H2,1H3. The number of piperidine rings is 1. The van der Waals surface area contributed by atoms with Crippen LogP contribution in [0.5, 0.6) is 0 Å². The first kappa shape index (κ1) is 12.1. The van der Waals surface area contributed by atoms with Gasteiger partial charge >= 0.3 is 0 Å². The fraction of sp³-hybridized carbons (Fsp3) is 0.600. The van der Waals surface area contributed by atoms with Crippen molar-refractivity contribution >= 4 is 0 Å². The third kappa shape index (κ3) is 2.17. The van der Waals surface area contributed by atoms with Crippen LogP contribution < -0.4 is 5.73 Å². The van der Waals surface area contributed by atoms with E-state index in [4.69, 9.17) is 5.73 Å². The quantitative estimate of drug-likeness (QED) is 0.871. The molecule has 18 heavy (non-hydrogen) atoms. The van der Waals surface area contributed by atoms with E-state index in [0.717, 1.165) is 24.9 Å². The maximum atomic E-state index is 13.3. The first-order valence-electron chi connectivity index (χ1n) is 6.90. The van der Waals surface area contributed by atoms with Crippen LogP contribution in [-0.4, -0.2) is 23.0 Å². The van der Waals surface area contributed by atoms with Gasteiger partial charge in [-0.15, -0.1) is 0 Å². The molecule has 3 rings (SSSR count). The predicted molar refractivity (Wildman–Crippen MR) is 70.7 cm³/mol. The average Bonchev–Trinajstić information content (AvgIpc) is 2.58. The van der Waals surface area contributed by atoms with Crippen LogP contribution in [0.15, 0.2) is 18.2 Å². The van der Waals surface area contributed by atoms with Crippen LogP contribution in [0, 0.1) is 12.7 Å². The third-order valence-corrected chi connectivity index (χ3v) is 4.51. The Balaban J connectivity index is 1.75. The minimum absolute atomic E-state index is 0.109. The van der Waals surface area contributed by atoms with E-state index >= 15 is 0 Å². The number of rotatable bonds is 2. The molecule has 2 atom stereocenters. The number of hydrogen-bond acceptors (Lipinski definition) is 2. The summed E-state index contributed by atoms with van der Waals surface area (Å²) in [6.45, 7) is 2.78. The van der Waals surface area contributed by atoms with E-state index in [1.165, 1.54) is 18.4 Å². The molecule has 1 aromatic rings. The lowest BCUT2D eigenvalue weighted by Crippen LogP contribution is -2.46. The lowest BCUT2D eigenvalue weighted by atomic mass is 9.97. The molecule has 2 heterocycles. The fourth-order valence-corrected chi connectivity index (χ4v) is 3.59. The van der Waals surface area contributed by atoms with Crippen molar-refractivity contribution in [3.63, 3.8) is 0 Å². The van der Waals surface area contributed by atoms with Crippen molar-refractivity contribution < 1.29 is 4.39 Å². The number of halogens is 1. The summed E-state index contributed by atoms with van der Waals surface area (Å²) in [6.07, 6.45) is 4.80. The number of benzene rings is 1. The zero-order valence-corrected chi connectivity index (χ0v) is 10.9. The van der Waals surface area contributed by atoms with Gasteiger partial charge in [-0.2, -0.15) is 0 Å². The van der Waals surface area contributed by atoms with Crippen LogP contribution >= 0.6 is 0 Å². The molecule has 2 unspecified atom stereocenters. The van der Waals surface area contributed by atoms with Crippen molar-refractivity contribution in [1.82, 2.24) is 4.90 Å². The monoisotopic (exact) mass is 248 g/mol. The highest BCUT2D eigenvalue weighted by atomic mass is 19.1. The third-order valence-electron chi connectivity index (χ3n) is 4.51. The molecular weight excluding hydrogens is 227 g/mol. The SMILES string of the molecule is Cc1cc(CN2C3CCC2CC(N)C3)ccc1F. The number of aryl methyl sites for hydroxylation is 1. The Bertz CT molecular complexity index is 432. The summed E-state index contributed by atoms with van der Waals surface area (Å²) in [4.78, 5) is 2.58. The molecule has 2 aliphatic rings. The Morgan fingerprint density at radius 1 is 1.28 bits per heavy atom. The molecule has 0 amide bonds. The van der Waals surface area contributed by atoms with Crippen molar-refractivity contribution in [2.24, 2.45) is 5.73 Å². The van der Waals surface area contributed by atoms with E-state index in [1.807, 2.05) is 19.1 Å². The smallest absolute Gasteiger partial charge is 0.126 e. The van der Waals surface area contributed by atoms with Gasteiger partial charge in [-0.1, -0.05) is 12.1 Å². The van der Waals surface area contributed by atoms with Crippen LogP contribution in [-0.2, 0) is 6.54 Å². The molecule has 2 N–H and O–H groups in total. The highest BCUT2D eigenvalue weighted by molar-refractivity contribution is 5.24. The largest absolute Gasteiger partial charge is 0.328 e. The van der Waals surface area contributed by atoms with Gasteiger partial charge in [0, 0.05) is 24.7 Å². The van der Waals surface area contributed by atoms with Gasteiger partial charge in [-0.25, -0.2) is 4.39 Å². The van der Waals surface area contributed by atoms with Crippen molar-refractivity contribution in [2.45, 2.75) is 57.3 Å². The average molecular weight is 248 g/mol. The summed E-state index contributed by atoms with van der Waals surface area (Å²) in [7, 11) is 0. The molecule has 3 heteroatoms. The van der Waals surface area contributed by atoms with Crippen molar-refractivity contribution in [3.8, 4) is 0 Å². The van der Waals surface area contributed by atoms with Crippen LogP contribution in [0.3, 0.4) is 0 Å². The zero-order chi connectivity index (χ0) is 12.7. The maximum Gasteiger partial charge on any atom is 0.126 e. The van der Waals surface area contributed by atoms with E-state index in [1.54, 1.807) is 6.07 Å². The molecule has 2 fully saturated rings. The van der Waals surface area contributed by atoms with Crippen molar-refractivity contribution in [1.29, 1.82) is 0 Å². The molecule has 0 saturated carbocycles. The fourth-order valence-electron chi connectivity index (χ4n) is 3.59. The van der Waals surface area contributed by atoms with Gasteiger partial charge in [-0.3, -0.25) is 4.90 Å². The second kappa shape index (κ2) is 4.63. The molecule has 2 nitrogen and oxygen atoms in total. The lowest BCUT2D eigenvalue weighted by molar-refractivity contribution is 0.120. The Morgan fingerprint density at radius 3 is 2.56 bits per heavy atom. The Hall–Kier alpha value is -0.930. The van der Waals surface area contributed by atoms with E-state index < -0.39 is 0 Å². The molecule has 2 aliphatic heterocycles. The second-order valence-corrected chi connectivity index (χ2v) is 5.87. The molecule has 98 valence electrons. The van der Waals surface area contributed by atoms with Gasteiger partial charge in [0.05, 0.1) is 0 Å². The van der Waals surface area contributed by atoms with Crippen molar-refractivity contribution in [3.05, 3.63) is 35.1 Å². The Kier molecular flexibility index (Phi) is 3.12. The van der Waals surface area contributed by atoms with Crippen LogP contribution in [0.4, 0.5) is 4.39 Å². The van der Waals surface area contributed by atoms with Gasteiger partial charge in [0.15, 0.2) is 0 Å². The molecule has 0 spiro atoms. The topological polar surface area (TPSA) is 29.3 Å². The van der Waals surface area contributed by atoms with E-state index in [-0.39, 0.29) is 5.82 Å². The van der Waals surface area contributed by atoms with E-state index in [0.29, 0.717) is 18.1 Å². The summed E-state index contributed by atoms with van der Waals surface area (Å²) < 4.78 is 13.3. The normalized spacial score (nSPS) is 31.8. The minimum Gasteiger partial charge on any atom is -0.328 e. The van der Waals surface area contributed by atoms with Crippen LogP contribution in [0.1, 0.15) is 36.8 Å². The predicted octanol–water partition coefficient (Wildman–Crippen LogP) is 2.59. The maximum absolute atomic E-state index is 13.3. The summed E-state index contributed by atoms with van der Waals surface area (Å²) >= 11 is 0. The van der Waals surface area contributed by atoms with Gasteiger partial charge in [0.2, 0.25) is 0 Å². The van der Waals surface area contributed by atoms with E-state index in [2.05, 4.69) is 4.90 Å². The van der Waals surface area contributed by atoms with Gasteiger partial charge < -0.3 is 5.73 Å². The molecular formula is C15H21FN2. The molecule has 0 radical (unpaired) electrons. The molecule has 2 bridgehead atoms. The van der Waals surface area contributed by atoms with Gasteiger partial charge in [0.1, 0.15) is 5.82 Å². The number of fused-ring (bicyclic) bond motifs is 2. The highest BCUT2D eigenvalue weighted by Crippen LogP contribution is 2.36. The number of nitrogens with zero attached hydrogens (tertiary/aromatic N) is 1. The Labute approximate surface area is 108 Å². The lowest BCUT2D eigenvalue weighted by Gasteiger charge is -2.37. The van der Waals surface area contributed by atoms with Gasteiger partial charge in [0.25, 0.3) is 0 Å². The van der Waals surface area contributed by atoms with Crippen LogP contribution in [0.2, 0.25) is 0 Å². The number of hydrogen-bond donors (Lipinski definition) is 1. The summed E-state index contributed by atoms with van der Waals surface area (Å²) in [5, 5.41) is 0. The second-order valence-electron chi connectivity index (χ2n) is 5.87. The minimum atomic E-state index is -0.109. The zero-order valence-electron chi connectivity index (χ0n) is 10.9. The summed E-state index contributed by atoms with van der Waals surface area (Å²) in [6, 6.07) is 7.14. The van der Waals surface area contributed by atoms with Crippen LogP contribution in [0.25, 0.3) is 0 Å². The first-order valence-corrected chi connectivity index (χ1v) is 6.90. The molecule has 1 aromatic carbocycles. The molecule has 0 aliphatic carbocycles. The highest BCUT2D eigenvalue weighted by Gasteiger charge is 2.39.